The highest BCUT2D eigenvalue weighted by atomic mass is 19.3. The molecule has 0 amide bonds. The molecular weight excluding hydrogens is 367 g/mol. The number of amidine groups is 1. The fraction of sp³-hybridized carbons (Fsp3) is 0.250. The lowest BCUT2D eigenvalue weighted by Gasteiger charge is -2.33. The van der Waals surface area contributed by atoms with Gasteiger partial charge in [-0.15, -0.1) is 5.10 Å². The highest BCUT2D eigenvalue weighted by molar-refractivity contribution is 5.84. The molecule has 0 saturated heterocycles. The van der Waals surface area contributed by atoms with Crippen LogP contribution in [-0.2, 0) is 10.3 Å². The number of nitrogen functional groups attached to an aromatic ring is 1. The number of rotatable bonds is 3. The molecule has 8 nitrogen and oxygen atoms in total. The quantitative estimate of drug-likeness (QED) is 0.682. The third-order valence-corrected chi connectivity index (χ3v) is 3.52. The molecule has 1 aliphatic rings. The van der Waals surface area contributed by atoms with Crippen LogP contribution in [0.3, 0.4) is 0 Å². The minimum atomic E-state index is -2.95. The number of carboxylic acids is 1. The van der Waals surface area contributed by atoms with Gasteiger partial charge in [-0.25, -0.2) is 18.0 Å². The lowest BCUT2D eigenvalue weighted by atomic mass is 9.90. The Balaban J connectivity index is 0.000000244. The molecule has 5 N–H and O–H groups in total. The number of alkyl halides is 2. The van der Waals surface area contributed by atoms with Crippen LogP contribution in [0.25, 0.3) is 0 Å². The van der Waals surface area contributed by atoms with Crippen molar-refractivity contribution in [1.82, 2.24) is 10.2 Å². The van der Waals surface area contributed by atoms with Gasteiger partial charge in [-0.1, -0.05) is 0 Å². The lowest BCUT2D eigenvalue weighted by molar-refractivity contribution is -0.0145. The number of ether oxygens (including phenoxy) is 1. The predicted octanol–water partition coefficient (Wildman–Crippen LogP) is 1.43. The van der Waals surface area contributed by atoms with Crippen molar-refractivity contribution in [3.05, 3.63) is 53.6 Å². The first-order valence-corrected chi connectivity index (χ1v) is 7.53. The number of aromatic nitrogens is 2. The number of halogens is 3. The Morgan fingerprint density at radius 3 is 2.56 bits per heavy atom. The smallest absolute Gasteiger partial charge is 0.356 e. The zero-order valence-corrected chi connectivity index (χ0v) is 13.8. The Morgan fingerprint density at radius 1 is 1.30 bits per heavy atom. The average Bonchev–Trinajstić information content (AvgIpc) is 2.64. The molecule has 0 unspecified atom stereocenters. The molecule has 2 heterocycles. The molecule has 1 atom stereocenters. The normalized spacial score (nSPS) is 19.0. The molecule has 0 aliphatic carbocycles. The Bertz CT molecular complexity index is 835. The topological polar surface area (TPSA) is 137 Å². The van der Waals surface area contributed by atoms with E-state index >= 15 is 0 Å². The van der Waals surface area contributed by atoms with Gasteiger partial charge in [0.1, 0.15) is 18.3 Å². The van der Waals surface area contributed by atoms with E-state index in [2.05, 4.69) is 15.2 Å². The molecule has 144 valence electrons. The summed E-state index contributed by atoms with van der Waals surface area (Å²) >= 11 is 0. The van der Waals surface area contributed by atoms with Crippen LogP contribution in [0.1, 0.15) is 16.1 Å². The summed E-state index contributed by atoms with van der Waals surface area (Å²) in [5, 5.41) is 15.0. The largest absolute Gasteiger partial charge is 0.476 e. The monoisotopic (exact) mass is 383 g/mol. The summed E-state index contributed by atoms with van der Waals surface area (Å²) < 4.78 is 45.3. The van der Waals surface area contributed by atoms with Crippen LogP contribution in [-0.4, -0.2) is 46.7 Å². The van der Waals surface area contributed by atoms with Crippen LogP contribution in [0, 0.1) is 5.82 Å². The first-order valence-electron chi connectivity index (χ1n) is 7.53. The van der Waals surface area contributed by atoms with Gasteiger partial charge in [0.15, 0.2) is 11.2 Å². The molecule has 0 radical (unpaired) electrons. The van der Waals surface area contributed by atoms with Crippen LogP contribution in [0.4, 0.5) is 18.9 Å². The summed E-state index contributed by atoms with van der Waals surface area (Å²) in [6, 6.07) is 6.35. The maximum Gasteiger partial charge on any atom is 0.356 e. The minimum Gasteiger partial charge on any atom is -0.476 e. The number of carboxylic acid groups (broad SMARTS) is 1. The molecule has 0 bridgehead atoms. The molecule has 0 spiro atoms. The first kappa shape index (κ1) is 20.1. The SMILES string of the molecule is NC1=N[C@@](c2cc(N)ccc2F)(C(F)F)COC1.O=C(O)c1cccnn1. The molecule has 1 aromatic carbocycles. The van der Waals surface area contributed by atoms with E-state index < -0.39 is 30.4 Å². The summed E-state index contributed by atoms with van der Waals surface area (Å²) in [5.41, 5.74) is 8.62. The van der Waals surface area contributed by atoms with E-state index in [0.717, 1.165) is 12.1 Å². The van der Waals surface area contributed by atoms with Crippen molar-refractivity contribution in [2.24, 2.45) is 10.7 Å². The van der Waals surface area contributed by atoms with Crippen molar-refractivity contribution >= 4 is 17.5 Å². The summed E-state index contributed by atoms with van der Waals surface area (Å²) in [5.74, 6) is -1.96. The summed E-state index contributed by atoms with van der Waals surface area (Å²) in [6.45, 7) is -0.482. The number of aliphatic imine (C=N–C) groups is 1. The van der Waals surface area contributed by atoms with E-state index in [1.165, 1.54) is 24.4 Å². The Morgan fingerprint density at radius 2 is 2.04 bits per heavy atom. The molecule has 11 heteroatoms. The van der Waals surface area contributed by atoms with Crippen LogP contribution in [0.15, 0.2) is 41.5 Å². The van der Waals surface area contributed by atoms with Gasteiger partial charge in [-0.2, -0.15) is 5.10 Å². The molecule has 2 aromatic rings. The van der Waals surface area contributed by atoms with Crippen LogP contribution < -0.4 is 11.5 Å². The Hall–Kier alpha value is -3.21. The zero-order chi connectivity index (χ0) is 20.0. The van der Waals surface area contributed by atoms with Gasteiger partial charge in [0.2, 0.25) is 0 Å². The third kappa shape index (κ3) is 4.70. The number of nitrogens with two attached hydrogens (primary N) is 2. The third-order valence-electron chi connectivity index (χ3n) is 3.52. The molecular formula is C16H16F3N5O3. The van der Waals surface area contributed by atoms with Gasteiger partial charge < -0.3 is 21.3 Å². The number of aromatic carboxylic acids is 1. The second-order valence-electron chi connectivity index (χ2n) is 5.47. The maximum atomic E-state index is 13.7. The van der Waals surface area contributed by atoms with E-state index in [0.29, 0.717) is 0 Å². The van der Waals surface area contributed by atoms with Crippen LogP contribution >= 0.6 is 0 Å². The second kappa shape index (κ2) is 8.45. The number of carbonyl (C=O) groups is 1. The molecule has 1 aromatic heterocycles. The van der Waals surface area contributed by atoms with Gasteiger partial charge in [-0.05, 0) is 30.3 Å². The number of anilines is 1. The summed E-state index contributed by atoms with van der Waals surface area (Å²) in [6.07, 6.45) is -1.53. The van der Waals surface area contributed by atoms with E-state index in [1.54, 1.807) is 0 Å². The van der Waals surface area contributed by atoms with Gasteiger partial charge in [0, 0.05) is 17.4 Å². The van der Waals surface area contributed by atoms with Crippen LogP contribution in [0.2, 0.25) is 0 Å². The average molecular weight is 383 g/mol. The second-order valence-corrected chi connectivity index (χ2v) is 5.47. The fourth-order valence-corrected chi connectivity index (χ4v) is 2.29. The molecule has 0 fully saturated rings. The fourth-order valence-electron chi connectivity index (χ4n) is 2.29. The highest BCUT2D eigenvalue weighted by Gasteiger charge is 2.46. The highest BCUT2D eigenvalue weighted by Crippen LogP contribution is 2.37. The van der Waals surface area contributed by atoms with Crippen molar-refractivity contribution in [1.29, 1.82) is 0 Å². The Kier molecular flexibility index (Phi) is 6.29. The molecule has 1 aliphatic heterocycles. The van der Waals surface area contributed by atoms with Gasteiger partial charge in [0.25, 0.3) is 6.43 Å². The Labute approximate surface area is 151 Å². The van der Waals surface area contributed by atoms with E-state index in [4.69, 9.17) is 21.3 Å². The minimum absolute atomic E-state index is 0.0301. The predicted molar refractivity (Wildman–Crippen MR) is 89.9 cm³/mol. The summed E-state index contributed by atoms with van der Waals surface area (Å²) in [7, 11) is 0. The van der Waals surface area contributed by atoms with Crippen molar-refractivity contribution in [3.63, 3.8) is 0 Å². The zero-order valence-electron chi connectivity index (χ0n) is 13.8. The number of hydrogen-bond acceptors (Lipinski definition) is 7. The first-order chi connectivity index (χ1) is 12.8. The molecule has 27 heavy (non-hydrogen) atoms. The van der Waals surface area contributed by atoms with Crippen molar-refractivity contribution in [2.45, 2.75) is 12.0 Å². The molecule has 3 rings (SSSR count). The number of benzene rings is 1. The van der Waals surface area contributed by atoms with Crippen molar-refractivity contribution in [2.75, 3.05) is 18.9 Å². The van der Waals surface area contributed by atoms with E-state index in [1.807, 2.05) is 0 Å². The van der Waals surface area contributed by atoms with E-state index in [-0.39, 0.29) is 29.4 Å². The lowest BCUT2D eigenvalue weighted by Crippen LogP contribution is -2.45. The summed E-state index contributed by atoms with van der Waals surface area (Å²) in [4.78, 5) is 13.8. The standard InChI is InChI=1S/C11H12F3N3O.C5H4N2O2/c12-8-2-1-6(15)3-7(8)11(10(13)14)5-18-4-9(16)17-11;8-5(9)4-2-1-3-6-7-4/h1-3,10H,4-5,15H2,(H2,16,17);1-3H,(H,8,9)/t11-;/m0./s1. The number of nitrogens with zero attached hydrogens (tertiary/aromatic N) is 3. The van der Waals surface area contributed by atoms with Gasteiger partial charge in [0.05, 0.1) is 6.61 Å². The van der Waals surface area contributed by atoms with Gasteiger partial charge >= 0.3 is 5.97 Å². The van der Waals surface area contributed by atoms with E-state index in [9.17, 15) is 18.0 Å². The molecule has 0 saturated carbocycles. The van der Waals surface area contributed by atoms with Crippen molar-refractivity contribution < 1.29 is 27.8 Å². The van der Waals surface area contributed by atoms with Crippen LogP contribution in [0.5, 0.6) is 0 Å². The maximum absolute atomic E-state index is 13.7. The number of hydrogen-bond donors (Lipinski definition) is 3. The van der Waals surface area contributed by atoms with Crippen molar-refractivity contribution in [3.8, 4) is 0 Å². The van der Waals surface area contributed by atoms with Gasteiger partial charge in [-0.3, -0.25) is 4.99 Å².